The Balaban J connectivity index is 0.00000196. The molecule has 0 saturated carbocycles. The number of halogens is 2. The van der Waals surface area contributed by atoms with E-state index in [1.54, 1.807) is 12.4 Å². The van der Waals surface area contributed by atoms with Gasteiger partial charge in [-0.1, -0.05) is 0 Å². The lowest BCUT2D eigenvalue weighted by molar-refractivity contribution is -0.137. The van der Waals surface area contributed by atoms with Crippen LogP contribution in [0.5, 0.6) is 0 Å². The van der Waals surface area contributed by atoms with Gasteiger partial charge in [0.1, 0.15) is 0 Å². The zero-order valence-electron chi connectivity index (χ0n) is 15.8. The summed E-state index contributed by atoms with van der Waals surface area (Å²) in [7, 11) is 0. The first-order chi connectivity index (χ1) is 12.6. The molecule has 0 spiro atoms. The van der Waals surface area contributed by atoms with Crippen molar-refractivity contribution in [3.05, 3.63) is 24.5 Å². The second kappa shape index (κ2) is 12.1. The Bertz CT molecular complexity index is 606. The van der Waals surface area contributed by atoms with E-state index in [1.165, 1.54) is 0 Å². The fraction of sp³-hybridized carbons (Fsp3) is 0.611. The van der Waals surface area contributed by atoms with Crippen LogP contribution < -0.4 is 10.3 Å². The van der Waals surface area contributed by atoms with E-state index in [0.717, 1.165) is 57.8 Å². The van der Waals surface area contributed by atoms with E-state index in [2.05, 4.69) is 15.3 Å². The number of amides is 1. The van der Waals surface area contributed by atoms with Gasteiger partial charge >= 0.3 is 5.97 Å². The van der Waals surface area contributed by atoms with Crippen LogP contribution >= 0.6 is 24.8 Å². The average molecular weight is 434 g/mol. The maximum absolute atomic E-state index is 12.8. The monoisotopic (exact) mass is 433 g/mol. The molecule has 10 heteroatoms. The zero-order valence-corrected chi connectivity index (χ0v) is 17.5. The molecule has 3 heterocycles. The predicted molar refractivity (Wildman–Crippen MR) is 112 cm³/mol. The summed E-state index contributed by atoms with van der Waals surface area (Å²) in [5.41, 5.74) is 4.29. The number of carboxylic acid groups (broad SMARTS) is 1. The number of hydrogen-bond acceptors (Lipinski definition) is 6. The zero-order chi connectivity index (χ0) is 18.4. The molecule has 0 radical (unpaired) electrons. The molecule has 2 fully saturated rings. The van der Waals surface area contributed by atoms with E-state index in [4.69, 9.17) is 5.11 Å². The number of hydrogen-bond donors (Lipinski definition) is 2. The number of hydrazine groups is 1. The Kier molecular flexibility index (Phi) is 10.5. The Morgan fingerprint density at radius 2 is 1.64 bits per heavy atom. The molecule has 1 amide bonds. The summed E-state index contributed by atoms with van der Waals surface area (Å²) in [6, 6.07) is 4.01. The van der Waals surface area contributed by atoms with Gasteiger partial charge in [0, 0.05) is 69.8 Å². The number of rotatable bonds is 6. The van der Waals surface area contributed by atoms with Crippen LogP contribution in [-0.2, 0) is 9.59 Å². The van der Waals surface area contributed by atoms with Crippen LogP contribution in [0.2, 0.25) is 0 Å². The first-order valence-electron chi connectivity index (χ1n) is 9.27. The lowest BCUT2D eigenvalue weighted by Crippen LogP contribution is -2.52. The Morgan fingerprint density at radius 1 is 1.04 bits per heavy atom. The molecule has 0 unspecified atom stereocenters. The third-order valence-electron chi connectivity index (χ3n) is 5.14. The number of carbonyl (C=O) groups excluding carboxylic acids is 1. The van der Waals surface area contributed by atoms with Gasteiger partial charge in [-0.05, 0) is 25.0 Å². The van der Waals surface area contributed by atoms with Gasteiger partial charge in [0.2, 0.25) is 5.91 Å². The standard InChI is InChI=1S/C18H27N5O3.2ClH/c24-17(25)3-8-20-23-9-4-15(5-10-23)18(26)22-13-11-21(12-14-22)16-1-6-19-7-2-16;;/h1-2,6-7,15,20H,3-5,8-14H2,(H,24,25);2*1H. The van der Waals surface area contributed by atoms with Gasteiger partial charge in [0.25, 0.3) is 0 Å². The molecule has 158 valence electrons. The van der Waals surface area contributed by atoms with Crippen molar-refractivity contribution in [3.8, 4) is 0 Å². The molecule has 2 N–H and O–H groups in total. The van der Waals surface area contributed by atoms with Gasteiger partial charge in [0.15, 0.2) is 0 Å². The van der Waals surface area contributed by atoms with Crippen molar-refractivity contribution in [2.45, 2.75) is 19.3 Å². The van der Waals surface area contributed by atoms with Gasteiger partial charge < -0.3 is 14.9 Å². The predicted octanol–water partition coefficient (Wildman–Crippen LogP) is 1.27. The topological polar surface area (TPSA) is 89.0 Å². The molecule has 8 nitrogen and oxygen atoms in total. The van der Waals surface area contributed by atoms with Crippen molar-refractivity contribution in [2.24, 2.45) is 5.92 Å². The summed E-state index contributed by atoms with van der Waals surface area (Å²) in [5.74, 6) is -0.446. The first-order valence-corrected chi connectivity index (χ1v) is 9.27. The number of carbonyl (C=O) groups is 2. The summed E-state index contributed by atoms with van der Waals surface area (Å²) in [4.78, 5) is 31.7. The van der Waals surface area contributed by atoms with Crippen molar-refractivity contribution in [1.82, 2.24) is 20.3 Å². The Hall–Kier alpha value is -1.61. The SMILES string of the molecule is Cl.Cl.O=C(O)CCNN1CCC(C(=O)N2CCN(c3ccncc3)CC2)CC1. The highest BCUT2D eigenvalue weighted by molar-refractivity contribution is 5.85. The Labute approximate surface area is 178 Å². The van der Waals surface area contributed by atoms with Crippen LogP contribution in [0, 0.1) is 5.92 Å². The van der Waals surface area contributed by atoms with E-state index in [0.29, 0.717) is 6.54 Å². The molecule has 0 atom stereocenters. The van der Waals surface area contributed by atoms with Gasteiger partial charge in [-0.15, -0.1) is 24.8 Å². The van der Waals surface area contributed by atoms with Crippen molar-refractivity contribution >= 4 is 42.4 Å². The number of pyridine rings is 1. The summed E-state index contributed by atoms with van der Waals surface area (Å²) in [6.45, 7) is 5.23. The molecule has 1 aromatic rings. The number of nitrogens with zero attached hydrogens (tertiary/aromatic N) is 4. The van der Waals surface area contributed by atoms with Crippen LogP contribution in [-0.4, -0.2) is 77.7 Å². The number of piperidine rings is 1. The summed E-state index contributed by atoms with van der Waals surface area (Å²) < 4.78 is 0. The van der Waals surface area contributed by atoms with Crippen LogP contribution in [0.15, 0.2) is 24.5 Å². The van der Waals surface area contributed by atoms with Crippen molar-refractivity contribution < 1.29 is 14.7 Å². The normalized spacial score (nSPS) is 18.1. The fourth-order valence-corrected chi connectivity index (χ4v) is 3.60. The van der Waals surface area contributed by atoms with Gasteiger partial charge in [-0.3, -0.25) is 20.0 Å². The molecular weight excluding hydrogens is 405 g/mol. The molecular formula is C18H29Cl2N5O3. The van der Waals surface area contributed by atoms with E-state index in [1.807, 2.05) is 22.0 Å². The molecule has 0 aromatic carbocycles. The van der Waals surface area contributed by atoms with Crippen LogP contribution in [0.1, 0.15) is 19.3 Å². The molecule has 2 saturated heterocycles. The largest absolute Gasteiger partial charge is 0.481 e. The minimum Gasteiger partial charge on any atom is -0.481 e. The minimum atomic E-state index is -0.798. The molecule has 3 rings (SSSR count). The van der Waals surface area contributed by atoms with Crippen molar-refractivity contribution in [2.75, 3.05) is 50.7 Å². The Morgan fingerprint density at radius 3 is 2.21 bits per heavy atom. The van der Waals surface area contributed by atoms with Crippen LogP contribution in [0.3, 0.4) is 0 Å². The maximum Gasteiger partial charge on any atom is 0.304 e. The van der Waals surface area contributed by atoms with E-state index in [-0.39, 0.29) is 43.1 Å². The lowest BCUT2D eigenvalue weighted by atomic mass is 9.96. The first kappa shape index (κ1) is 24.4. The highest BCUT2D eigenvalue weighted by atomic mass is 35.5. The smallest absolute Gasteiger partial charge is 0.304 e. The van der Waals surface area contributed by atoms with E-state index in [9.17, 15) is 9.59 Å². The molecule has 2 aliphatic heterocycles. The van der Waals surface area contributed by atoms with Crippen LogP contribution in [0.4, 0.5) is 5.69 Å². The van der Waals surface area contributed by atoms with E-state index < -0.39 is 5.97 Å². The number of aliphatic carboxylic acids is 1. The quantitative estimate of drug-likeness (QED) is 0.697. The fourth-order valence-electron chi connectivity index (χ4n) is 3.60. The highest BCUT2D eigenvalue weighted by Crippen LogP contribution is 2.21. The van der Waals surface area contributed by atoms with Crippen LogP contribution in [0.25, 0.3) is 0 Å². The van der Waals surface area contributed by atoms with Gasteiger partial charge in [-0.2, -0.15) is 0 Å². The van der Waals surface area contributed by atoms with Crippen molar-refractivity contribution in [3.63, 3.8) is 0 Å². The molecule has 28 heavy (non-hydrogen) atoms. The summed E-state index contributed by atoms with van der Waals surface area (Å²) in [5, 5.41) is 10.7. The number of aromatic nitrogens is 1. The summed E-state index contributed by atoms with van der Waals surface area (Å²) >= 11 is 0. The average Bonchev–Trinajstić information content (AvgIpc) is 2.68. The lowest BCUT2D eigenvalue weighted by Gasteiger charge is -2.39. The molecule has 1 aromatic heterocycles. The highest BCUT2D eigenvalue weighted by Gasteiger charge is 2.30. The van der Waals surface area contributed by atoms with Gasteiger partial charge in [-0.25, -0.2) is 5.01 Å². The third kappa shape index (κ3) is 6.77. The number of carboxylic acids is 1. The molecule has 0 aliphatic carbocycles. The number of nitrogens with one attached hydrogen (secondary N) is 1. The second-order valence-corrected chi connectivity index (χ2v) is 6.83. The number of anilines is 1. The minimum absolute atomic E-state index is 0. The van der Waals surface area contributed by atoms with E-state index >= 15 is 0 Å². The third-order valence-corrected chi connectivity index (χ3v) is 5.14. The second-order valence-electron chi connectivity index (χ2n) is 6.83. The molecule has 2 aliphatic rings. The summed E-state index contributed by atoms with van der Waals surface area (Å²) in [6.07, 6.45) is 5.35. The maximum atomic E-state index is 12.8. The van der Waals surface area contributed by atoms with Gasteiger partial charge in [0.05, 0.1) is 6.42 Å². The molecule has 0 bridgehead atoms. The number of piperazine rings is 1. The van der Waals surface area contributed by atoms with Crippen molar-refractivity contribution in [1.29, 1.82) is 0 Å².